The summed E-state index contributed by atoms with van der Waals surface area (Å²) >= 11 is 0. The van der Waals surface area contributed by atoms with Crippen molar-refractivity contribution >= 4 is 34.6 Å². The number of nitrogens with one attached hydrogen (secondary N) is 1. The van der Waals surface area contributed by atoms with E-state index in [0.29, 0.717) is 31.7 Å². The van der Waals surface area contributed by atoms with Crippen LogP contribution >= 0.6 is 0 Å². The molecule has 0 unspecified atom stereocenters. The van der Waals surface area contributed by atoms with Crippen molar-refractivity contribution < 1.29 is 9.59 Å². The Bertz CT molecular complexity index is 978. The number of fused-ring (bicyclic) bond motifs is 1. The van der Waals surface area contributed by atoms with Gasteiger partial charge in [0, 0.05) is 44.0 Å². The van der Waals surface area contributed by atoms with Crippen LogP contribution in [0.15, 0.2) is 55.0 Å². The molecule has 0 atom stereocenters. The van der Waals surface area contributed by atoms with Gasteiger partial charge in [-0.25, -0.2) is 0 Å². The van der Waals surface area contributed by atoms with Crippen LogP contribution in [0.3, 0.4) is 0 Å². The molecular weight excluding hydrogens is 342 g/mol. The number of aromatic nitrogens is 2. The first-order valence-electron chi connectivity index (χ1n) is 8.79. The molecule has 4 rings (SSSR count). The van der Waals surface area contributed by atoms with Gasteiger partial charge in [-0.1, -0.05) is 18.2 Å². The van der Waals surface area contributed by atoms with E-state index in [2.05, 4.69) is 15.3 Å². The molecule has 1 saturated heterocycles. The third-order valence-corrected chi connectivity index (χ3v) is 4.65. The highest BCUT2D eigenvalue weighted by atomic mass is 16.2. The van der Waals surface area contributed by atoms with Gasteiger partial charge in [-0.3, -0.25) is 19.6 Å². The normalized spacial score (nSPS) is 14.2. The van der Waals surface area contributed by atoms with Crippen LogP contribution in [0.5, 0.6) is 0 Å². The molecule has 7 nitrogen and oxygen atoms in total. The Morgan fingerprint density at radius 1 is 1.07 bits per heavy atom. The Hall–Kier alpha value is -3.48. The molecule has 1 aliphatic heterocycles. The van der Waals surface area contributed by atoms with E-state index in [0.717, 1.165) is 28.7 Å². The molecule has 0 aliphatic carbocycles. The number of hydrogen-bond donors (Lipinski definition) is 1. The van der Waals surface area contributed by atoms with E-state index < -0.39 is 0 Å². The monoisotopic (exact) mass is 361 g/mol. The van der Waals surface area contributed by atoms with Crippen LogP contribution in [0.4, 0.5) is 11.4 Å². The number of rotatable bonds is 4. The van der Waals surface area contributed by atoms with Crippen LogP contribution in [0, 0.1) is 0 Å². The summed E-state index contributed by atoms with van der Waals surface area (Å²) < 4.78 is 0. The maximum atomic E-state index is 12.8. The fourth-order valence-corrected chi connectivity index (χ4v) is 3.20. The lowest BCUT2D eigenvalue weighted by molar-refractivity contribution is -0.119. The molecule has 136 valence electrons. The summed E-state index contributed by atoms with van der Waals surface area (Å²) in [7, 11) is 0. The fraction of sp³-hybridized carbons (Fsp3) is 0.200. The number of amides is 2. The predicted molar refractivity (Wildman–Crippen MR) is 103 cm³/mol. The van der Waals surface area contributed by atoms with Crippen LogP contribution in [0.25, 0.3) is 10.9 Å². The molecule has 0 bridgehead atoms. The minimum atomic E-state index is -0.0762. The number of carbonyl (C=O) groups excluding carboxylic acids is 2. The van der Waals surface area contributed by atoms with E-state index in [1.165, 1.54) is 0 Å². The molecule has 0 spiro atoms. The summed E-state index contributed by atoms with van der Waals surface area (Å²) in [6, 6.07) is 11.6. The molecule has 7 heteroatoms. The Kier molecular flexibility index (Phi) is 4.65. The van der Waals surface area contributed by atoms with E-state index in [4.69, 9.17) is 0 Å². The first-order valence-corrected chi connectivity index (χ1v) is 8.79. The zero-order valence-electron chi connectivity index (χ0n) is 14.7. The number of anilines is 2. The van der Waals surface area contributed by atoms with Crippen molar-refractivity contribution in [3.05, 3.63) is 60.6 Å². The second kappa shape index (κ2) is 7.41. The van der Waals surface area contributed by atoms with E-state index in [1.807, 2.05) is 30.3 Å². The van der Waals surface area contributed by atoms with Gasteiger partial charge in [0.25, 0.3) is 5.91 Å². The predicted octanol–water partition coefficient (Wildman–Crippen LogP) is 2.29. The van der Waals surface area contributed by atoms with E-state index in [1.54, 1.807) is 34.5 Å². The van der Waals surface area contributed by atoms with Crippen molar-refractivity contribution in [2.75, 3.05) is 31.5 Å². The molecule has 1 N–H and O–H groups in total. The highest BCUT2D eigenvalue weighted by Gasteiger charge is 2.21. The molecule has 1 fully saturated rings. The largest absolute Gasteiger partial charge is 0.352 e. The van der Waals surface area contributed by atoms with Gasteiger partial charge < -0.3 is 15.1 Å². The van der Waals surface area contributed by atoms with Crippen molar-refractivity contribution in [3.63, 3.8) is 0 Å². The van der Waals surface area contributed by atoms with Gasteiger partial charge in [-0.2, -0.15) is 0 Å². The second-order valence-electron chi connectivity index (χ2n) is 6.40. The van der Waals surface area contributed by atoms with Crippen molar-refractivity contribution in [2.24, 2.45) is 0 Å². The van der Waals surface area contributed by atoms with Crippen LogP contribution in [-0.2, 0) is 4.79 Å². The second-order valence-corrected chi connectivity index (χ2v) is 6.40. The summed E-state index contributed by atoms with van der Waals surface area (Å²) in [4.78, 5) is 35.6. The van der Waals surface area contributed by atoms with Crippen molar-refractivity contribution in [1.29, 1.82) is 0 Å². The van der Waals surface area contributed by atoms with Gasteiger partial charge in [0.15, 0.2) is 0 Å². The summed E-state index contributed by atoms with van der Waals surface area (Å²) in [5, 5.41) is 4.35. The maximum absolute atomic E-state index is 12.8. The van der Waals surface area contributed by atoms with Gasteiger partial charge >= 0.3 is 0 Å². The number of nitrogens with zero attached hydrogens (tertiary/aromatic N) is 4. The fourth-order valence-electron chi connectivity index (χ4n) is 3.20. The van der Waals surface area contributed by atoms with Crippen LogP contribution in [0.1, 0.15) is 10.4 Å². The molecule has 1 aromatic carbocycles. The third kappa shape index (κ3) is 3.57. The zero-order chi connectivity index (χ0) is 18.6. The average Bonchev–Trinajstić information content (AvgIpc) is 2.74. The van der Waals surface area contributed by atoms with Crippen molar-refractivity contribution in [1.82, 2.24) is 19.8 Å². The van der Waals surface area contributed by atoms with Crippen LogP contribution in [0.2, 0.25) is 0 Å². The first-order chi connectivity index (χ1) is 13.2. The minimum Gasteiger partial charge on any atom is -0.352 e. The average molecular weight is 361 g/mol. The van der Waals surface area contributed by atoms with Crippen LogP contribution in [-0.4, -0.2) is 58.3 Å². The molecule has 3 heterocycles. The molecule has 0 saturated carbocycles. The number of para-hydroxylation sites is 1. The van der Waals surface area contributed by atoms with Gasteiger partial charge in [-0.05, 0) is 18.2 Å². The minimum absolute atomic E-state index is 0.0762. The number of carbonyl (C=O) groups is 2. The molecule has 27 heavy (non-hydrogen) atoms. The molecule has 2 aromatic heterocycles. The smallest absolute Gasteiger partial charge is 0.255 e. The molecule has 2 amide bonds. The number of benzene rings is 1. The van der Waals surface area contributed by atoms with E-state index in [-0.39, 0.29) is 5.91 Å². The first kappa shape index (κ1) is 17.0. The Balaban J connectivity index is 1.54. The lowest BCUT2D eigenvalue weighted by atomic mass is 10.1. The molecule has 0 radical (unpaired) electrons. The van der Waals surface area contributed by atoms with E-state index in [9.17, 15) is 9.59 Å². The number of hydrogen-bond acceptors (Lipinski definition) is 5. The van der Waals surface area contributed by atoms with Crippen molar-refractivity contribution in [2.45, 2.75) is 0 Å². The summed E-state index contributed by atoms with van der Waals surface area (Å²) in [6.07, 6.45) is 5.83. The molecular formula is C20H19N5O2. The molecule has 3 aromatic rings. The van der Waals surface area contributed by atoms with E-state index >= 15 is 0 Å². The topological polar surface area (TPSA) is 78.4 Å². The molecule has 1 aliphatic rings. The SMILES string of the molecule is O=CN1CCN(C(=O)c2cncc(Nc3cccc4cccnc34)c2)CC1. The number of piperazine rings is 1. The lowest BCUT2D eigenvalue weighted by Crippen LogP contribution is -2.48. The van der Waals surface area contributed by atoms with Gasteiger partial charge in [0.2, 0.25) is 6.41 Å². The van der Waals surface area contributed by atoms with Gasteiger partial charge in [0.05, 0.1) is 28.7 Å². The summed E-state index contributed by atoms with van der Waals surface area (Å²) in [5.74, 6) is -0.0762. The summed E-state index contributed by atoms with van der Waals surface area (Å²) in [5.41, 5.74) is 2.97. The Labute approximate surface area is 156 Å². The lowest BCUT2D eigenvalue weighted by Gasteiger charge is -2.32. The third-order valence-electron chi connectivity index (χ3n) is 4.65. The Morgan fingerprint density at radius 2 is 1.89 bits per heavy atom. The number of pyridine rings is 2. The quantitative estimate of drug-likeness (QED) is 0.722. The van der Waals surface area contributed by atoms with Crippen molar-refractivity contribution in [3.8, 4) is 0 Å². The highest BCUT2D eigenvalue weighted by molar-refractivity contribution is 5.96. The standard InChI is InChI=1S/C20H19N5O2/c26-14-24-7-9-25(10-8-24)20(27)16-11-17(13-21-12-16)23-18-5-1-3-15-4-2-6-22-19(15)18/h1-6,11-14,23H,7-10H2. The van der Waals surface area contributed by atoms with Gasteiger partial charge in [-0.15, -0.1) is 0 Å². The van der Waals surface area contributed by atoms with Crippen LogP contribution < -0.4 is 5.32 Å². The highest BCUT2D eigenvalue weighted by Crippen LogP contribution is 2.24. The Morgan fingerprint density at radius 3 is 2.70 bits per heavy atom. The van der Waals surface area contributed by atoms with Gasteiger partial charge in [0.1, 0.15) is 0 Å². The summed E-state index contributed by atoms with van der Waals surface area (Å²) in [6.45, 7) is 2.18. The maximum Gasteiger partial charge on any atom is 0.255 e. The zero-order valence-corrected chi connectivity index (χ0v) is 14.7.